The Hall–Kier alpha value is -2.61. The molecule has 0 spiro atoms. The van der Waals surface area contributed by atoms with Gasteiger partial charge in [-0.3, -0.25) is 0 Å². The topological polar surface area (TPSA) is 64.8 Å². The monoisotopic (exact) mass is 293 g/mol. The quantitative estimate of drug-likeness (QED) is 0.939. The average molecular weight is 293 g/mol. The highest BCUT2D eigenvalue weighted by molar-refractivity contribution is 5.57. The molecule has 3 rings (SSSR count). The zero-order valence-corrected chi connectivity index (χ0v) is 12.7. The third-order valence-electron chi connectivity index (χ3n) is 3.79. The van der Waals surface area contributed by atoms with E-state index >= 15 is 0 Å². The van der Waals surface area contributed by atoms with E-state index in [0.29, 0.717) is 11.5 Å². The van der Waals surface area contributed by atoms with Crippen LogP contribution in [0.3, 0.4) is 0 Å². The summed E-state index contributed by atoms with van der Waals surface area (Å²) in [5, 5.41) is 12.1. The molecule has 0 aliphatic carbocycles. The number of aryl methyl sites for hydroxylation is 1. The van der Waals surface area contributed by atoms with Gasteiger partial charge in [0, 0.05) is 30.5 Å². The number of nitrogens with one attached hydrogen (secondary N) is 1. The number of anilines is 3. The van der Waals surface area contributed by atoms with Crippen molar-refractivity contribution in [2.75, 3.05) is 23.3 Å². The van der Waals surface area contributed by atoms with Gasteiger partial charge in [0.05, 0.1) is 11.6 Å². The van der Waals surface area contributed by atoms with Crippen molar-refractivity contribution in [1.29, 1.82) is 5.26 Å². The lowest BCUT2D eigenvalue weighted by molar-refractivity contribution is 0.573. The maximum Gasteiger partial charge on any atom is 0.229 e. The highest BCUT2D eigenvalue weighted by atomic mass is 15.2. The van der Waals surface area contributed by atoms with Crippen molar-refractivity contribution >= 4 is 17.5 Å². The molecular weight excluding hydrogens is 274 g/mol. The van der Waals surface area contributed by atoms with Gasteiger partial charge >= 0.3 is 0 Å². The van der Waals surface area contributed by atoms with Crippen molar-refractivity contribution in [2.24, 2.45) is 0 Å². The predicted octanol–water partition coefficient (Wildman–Crippen LogP) is 3.39. The van der Waals surface area contributed by atoms with E-state index in [4.69, 9.17) is 5.26 Å². The van der Waals surface area contributed by atoms with Gasteiger partial charge in [0.15, 0.2) is 0 Å². The maximum absolute atomic E-state index is 8.83. The van der Waals surface area contributed by atoms with E-state index in [1.165, 1.54) is 19.3 Å². The van der Waals surface area contributed by atoms with Gasteiger partial charge in [-0.1, -0.05) is 0 Å². The molecule has 0 unspecified atom stereocenters. The van der Waals surface area contributed by atoms with Crippen molar-refractivity contribution in [3.05, 3.63) is 41.6 Å². The van der Waals surface area contributed by atoms with E-state index in [2.05, 4.69) is 26.3 Å². The zero-order valence-electron chi connectivity index (χ0n) is 12.7. The average Bonchev–Trinajstić information content (AvgIpc) is 2.56. The first-order valence-corrected chi connectivity index (χ1v) is 7.62. The number of hydrogen-bond acceptors (Lipinski definition) is 5. The Balaban J connectivity index is 1.80. The summed E-state index contributed by atoms with van der Waals surface area (Å²) >= 11 is 0. The Labute approximate surface area is 130 Å². The Kier molecular flexibility index (Phi) is 4.19. The zero-order chi connectivity index (χ0) is 15.4. The normalized spacial score (nSPS) is 14.5. The van der Waals surface area contributed by atoms with Gasteiger partial charge in [0.2, 0.25) is 5.95 Å². The van der Waals surface area contributed by atoms with E-state index in [1.807, 2.05) is 25.1 Å². The van der Waals surface area contributed by atoms with Crippen LogP contribution in [0.1, 0.15) is 30.5 Å². The number of nitrogens with zero attached hydrogens (tertiary/aromatic N) is 4. The molecule has 5 nitrogen and oxygen atoms in total. The van der Waals surface area contributed by atoms with Crippen LogP contribution in [0.15, 0.2) is 30.3 Å². The lowest BCUT2D eigenvalue weighted by atomic mass is 10.1. The number of aromatic nitrogens is 2. The highest BCUT2D eigenvalue weighted by Crippen LogP contribution is 2.21. The molecule has 22 heavy (non-hydrogen) atoms. The first-order chi connectivity index (χ1) is 10.7. The number of nitriles is 1. The smallest absolute Gasteiger partial charge is 0.229 e. The van der Waals surface area contributed by atoms with E-state index in [0.717, 1.165) is 30.3 Å². The fraction of sp³-hybridized carbons (Fsp3) is 0.353. The van der Waals surface area contributed by atoms with Gasteiger partial charge in [0.1, 0.15) is 5.82 Å². The van der Waals surface area contributed by atoms with Crippen LogP contribution in [0.25, 0.3) is 0 Å². The second-order valence-corrected chi connectivity index (χ2v) is 5.55. The van der Waals surface area contributed by atoms with E-state index < -0.39 is 0 Å². The highest BCUT2D eigenvalue weighted by Gasteiger charge is 2.13. The molecule has 1 N–H and O–H groups in total. The number of piperidine rings is 1. The maximum atomic E-state index is 8.83. The van der Waals surface area contributed by atoms with Crippen molar-refractivity contribution in [2.45, 2.75) is 26.2 Å². The minimum atomic E-state index is 0.602. The third kappa shape index (κ3) is 3.34. The molecule has 2 aromatic rings. The summed E-state index contributed by atoms with van der Waals surface area (Å²) in [6, 6.07) is 11.4. The fourth-order valence-electron chi connectivity index (χ4n) is 2.65. The Morgan fingerprint density at radius 2 is 1.82 bits per heavy atom. The lowest BCUT2D eigenvalue weighted by Crippen LogP contribution is -2.30. The van der Waals surface area contributed by atoms with E-state index in [9.17, 15) is 0 Å². The van der Waals surface area contributed by atoms with Gasteiger partial charge in [-0.25, -0.2) is 4.98 Å². The molecule has 1 aromatic carbocycles. The van der Waals surface area contributed by atoms with Crippen molar-refractivity contribution in [3.8, 4) is 6.07 Å². The van der Waals surface area contributed by atoms with Gasteiger partial charge in [0.25, 0.3) is 0 Å². The SMILES string of the molecule is Cc1cc(N2CCCCC2)nc(Nc2ccc(C#N)cc2)n1. The first-order valence-electron chi connectivity index (χ1n) is 7.62. The fourth-order valence-corrected chi connectivity index (χ4v) is 2.65. The van der Waals surface area contributed by atoms with E-state index in [-0.39, 0.29) is 0 Å². The Morgan fingerprint density at radius 1 is 1.09 bits per heavy atom. The Bertz CT molecular complexity index is 681. The molecule has 2 heterocycles. The summed E-state index contributed by atoms with van der Waals surface area (Å²) in [6.07, 6.45) is 3.75. The second kappa shape index (κ2) is 6.44. The van der Waals surface area contributed by atoms with Crippen LogP contribution in [-0.2, 0) is 0 Å². The lowest BCUT2D eigenvalue weighted by Gasteiger charge is -2.28. The summed E-state index contributed by atoms with van der Waals surface area (Å²) in [7, 11) is 0. The van der Waals surface area contributed by atoms with Crippen molar-refractivity contribution < 1.29 is 0 Å². The summed E-state index contributed by atoms with van der Waals surface area (Å²) in [5.74, 6) is 1.59. The molecule has 1 saturated heterocycles. The molecule has 5 heteroatoms. The van der Waals surface area contributed by atoms with Crippen LogP contribution in [0.2, 0.25) is 0 Å². The number of hydrogen-bond donors (Lipinski definition) is 1. The molecule has 1 aliphatic heterocycles. The molecule has 0 amide bonds. The minimum Gasteiger partial charge on any atom is -0.356 e. The van der Waals surface area contributed by atoms with Crippen molar-refractivity contribution in [3.63, 3.8) is 0 Å². The van der Waals surface area contributed by atoms with Gasteiger partial charge in [-0.15, -0.1) is 0 Å². The molecule has 1 fully saturated rings. The largest absolute Gasteiger partial charge is 0.356 e. The molecule has 0 bridgehead atoms. The van der Waals surface area contributed by atoms with E-state index in [1.54, 1.807) is 12.1 Å². The van der Waals surface area contributed by atoms with Crippen LogP contribution < -0.4 is 10.2 Å². The standard InChI is InChI=1S/C17H19N5/c1-13-11-16(22-9-3-2-4-10-22)21-17(19-13)20-15-7-5-14(12-18)6-8-15/h5-8,11H,2-4,9-10H2,1H3,(H,19,20,21). The summed E-state index contributed by atoms with van der Waals surface area (Å²) in [5.41, 5.74) is 2.48. The molecule has 112 valence electrons. The molecule has 0 radical (unpaired) electrons. The number of benzene rings is 1. The molecule has 1 aromatic heterocycles. The predicted molar refractivity (Wildman–Crippen MR) is 87.3 cm³/mol. The van der Waals surface area contributed by atoms with Crippen LogP contribution in [0, 0.1) is 18.3 Å². The molecule has 0 saturated carbocycles. The van der Waals surface area contributed by atoms with Gasteiger partial charge in [-0.2, -0.15) is 10.2 Å². The number of rotatable bonds is 3. The molecular formula is C17H19N5. The van der Waals surface area contributed by atoms with Crippen LogP contribution in [-0.4, -0.2) is 23.1 Å². The minimum absolute atomic E-state index is 0.602. The van der Waals surface area contributed by atoms with Gasteiger partial charge < -0.3 is 10.2 Å². The molecule has 1 aliphatic rings. The van der Waals surface area contributed by atoms with Crippen LogP contribution >= 0.6 is 0 Å². The Morgan fingerprint density at radius 3 is 2.50 bits per heavy atom. The first kappa shape index (κ1) is 14.3. The summed E-state index contributed by atoms with van der Waals surface area (Å²) in [4.78, 5) is 11.4. The van der Waals surface area contributed by atoms with Crippen LogP contribution in [0.4, 0.5) is 17.5 Å². The summed E-state index contributed by atoms with van der Waals surface area (Å²) in [6.45, 7) is 4.11. The van der Waals surface area contributed by atoms with Crippen molar-refractivity contribution in [1.82, 2.24) is 9.97 Å². The second-order valence-electron chi connectivity index (χ2n) is 5.55. The third-order valence-corrected chi connectivity index (χ3v) is 3.79. The molecule has 0 atom stereocenters. The van der Waals surface area contributed by atoms with Gasteiger partial charge in [-0.05, 0) is 50.5 Å². The summed E-state index contributed by atoms with van der Waals surface area (Å²) < 4.78 is 0. The van der Waals surface area contributed by atoms with Crippen LogP contribution in [0.5, 0.6) is 0 Å².